The average molecular weight is 401 g/mol. The normalized spacial score (nSPS) is 20.3. The Balaban J connectivity index is 1.74. The van der Waals surface area contributed by atoms with Crippen LogP contribution in [0.4, 0.5) is 0 Å². The van der Waals surface area contributed by atoms with Crippen molar-refractivity contribution in [3.8, 4) is 5.75 Å². The Morgan fingerprint density at radius 1 is 1.17 bits per heavy atom. The van der Waals surface area contributed by atoms with E-state index in [1.807, 2.05) is 41.8 Å². The lowest BCUT2D eigenvalue weighted by atomic mass is 9.76. The van der Waals surface area contributed by atoms with E-state index in [-0.39, 0.29) is 23.3 Å². The van der Waals surface area contributed by atoms with E-state index in [2.05, 4.69) is 19.9 Å². The third-order valence-corrected chi connectivity index (χ3v) is 6.45. The first-order valence-electron chi connectivity index (χ1n) is 11.2. The molecule has 0 saturated carbocycles. The summed E-state index contributed by atoms with van der Waals surface area (Å²) in [5.74, 6) is 1.94. The molecule has 1 aromatic rings. The topological polar surface area (TPSA) is 49.9 Å². The Kier molecular flexibility index (Phi) is 6.86. The number of hydrogen-bond acceptors (Lipinski definition) is 3. The van der Waals surface area contributed by atoms with Gasteiger partial charge >= 0.3 is 0 Å². The predicted octanol–water partition coefficient (Wildman–Crippen LogP) is 4.22. The lowest BCUT2D eigenvalue weighted by Crippen LogP contribution is -2.52. The fourth-order valence-corrected chi connectivity index (χ4v) is 4.79. The molecule has 2 aliphatic rings. The highest BCUT2D eigenvalue weighted by Gasteiger charge is 2.44. The third-order valence-electron chi connectivity index (χ3n) is 6.45. The minimum Gasteiger partial charge on any atom is -0.487 e. The molecule has 1 aromatic carbocycles. The Morgan fingerprint density at radius 3 is 2.45 bits per heavy atom. The Bertz CT molecular complexity index is 719. The van der Waals surface area contributed by atoms with Crippen molar-refractivity contribution in [2.45, 2.75) is 71.3 Å². The van der Waals surface area contributed by atoms with Gasteiger partial charge < -0.3 is 14.5 Å². The smallest absolute Gasteiger partial charge is 0.223 e. The van der Waals surface area contributed by atoms with Gasteiger partial charge in [0.1, 0.15) is 11.4 Å². The zero-order chi connectivity index (χ0) is 21.0. The second-order valence-electron chi connectivity index (χ2n) is 8.97. The molecule has 3 rings (SSSR count). The molecule has 2 aliphatic heterocycles. The molecule has 5 nitrogen and oxygen atoms in total. The molecule has 2 heterocycles. The molecular weight excluding hydrogens is 364 g/mol. The van der Waals surface area contributed by atoms with E-state index in [9.17, 15) is 9.59 Å². The predicted molar refractivity (Wildman–Crippen MR) is 115 cm³/mol. The fraction of sp³-hybridized carbons (Fsp3) is 0.667. The summed E-state index contributed by atoms with van der Waals surface area (Å²) in [6.45, 7) is 11.2. The van der Waals surface area contributed by atoms with Crippen molar-refractivity contribution in [1.82, 2.24) is 9.80 Å². The van der Waals surface area contributed by atoms with Gasteiger partial charge in [-0.3, -0.25) is 9.59 Å². The lowest BCUT2D eigenvalue weighted by Gasteiger charge is -2.47. The Morgan fingerprint density at radius 2 is 1.83 bits per heavy atom. The number of likely N-dealkylation sites (tertiary alicyclic amines) is 1. The van der Waals surface area contributed by atoms with Crippen LogP contribution in [0.2, 0.25) is 0 Å². The van der Waals surface area contributed by atoms with Gasteiger partial charge in [0.15, 0.2) is 0 Å². The minimum atomic E-state index is -0.267. The zero-order valence-electron chi connectivity index (χ0n) is 18.4. The van der Waals surface area contributed by atoms with Crippen LogP contribution in [-0.2, 0) is 9.59 Å². The maximum absolute atomic E-state index is 12.8. The summed E-state index contributed by atoms with van der Waals surface area (Å²) < 4.78 is 6.53. The van der Waals surface area contributed by atoms with E-state index >= 15 is 0 Å². The molecule has 160 valence electrons. The van der Waals surface area contributed by atoms with Crippen LogP contribution in [0.15, 0.2) is 24.3 Å². The molecule has 1 fully saturated rings. The van der Waals surface area contributed by atoms with E-state index in [0.29, 0.717) is 18.8 Å². The highest BCUT2D eigenvalue weighted by Crippen LogP contribution is 2.46. The zero-order valence-corrected chi connectivity index (χ0v) is 18.4. The summed E-state index contributed by atoms with van der Waals surface area (Å²) in [5, 5.41) is 0. The summed E-state index contributed by atoms with van der Waals surface area (Å²) in [6, 6.07) is 8.16. The van der Waals surface area contributed by atoms with Crippen LogP contribution in [0.1, 0.15) is 71.3 Å². The molecule has 0 radical (unpaired) electrons. The molecule has 1 spiro atoms. The van der Waals surface area contributed by atoms with Crippen molar-refractivity contribution in [3.05, 3.63) is 29.8 Å². The first kappa shape index (κ1) is 21.7. The monoisotopic (exact) mass is 400 g/mol. The number of para-hydroxylation sites is 1. The largest absolute Gasteiger partial charge is 0.487 e. The van der Waals surface area contributed by atoms with Crippen molar-refractivity contribution in [3.63, 3.8) is 0 Å². The lowest BCUT2D eigenvalue weighted by molar-refractivity contribution is -0.136. The average Bonchev–Trinajstić information content (AvgIpc) is 2.69. The van der Waals surface area contributed by atoms with Crippen LogP contribution in [-0.4, -0.2) is 53.4 Å². The van der Waals surface area contributed by atoms with Gasteiger partial charge in [0.2, 0.25) is 11.8 Å². The molecule has 1 unspecified atom stereocenters. The summed E-state index contributed by atoms with van der Waals surface area (Å²) in [6.07, 6.45) is 3.66. The molecule has 0 N–H and O–H groups in total. The van der Waals surface area contributed by atoms with E-state index < -0.39 is 0 Å². The first-order valence-corrected chi connectivity index (χ1v) is 11.2. The van der Waals surface area contributed by atoms with Gasteiger partial charge in [0.25, 0.3) is 0 Å². The standard InChI is InChI=1S/C24H36N2O3/c1-5-25(6-2)23(28)16-19-17-24(29-21-10-8-7-9-20(19)21)11-13-26(14-12-24)22(27)15-18(3)4/h7-10,18-19H,5-6,11-17H2,1-4H3. The summed E-state index contributed by atoms with van der Waals surface area (Å²) in [7, 11) is 0. The van der Waals surface area contributed by atoms with E-state index in [1.54, 1.807) is 0 Å². The highest BCUT2D eigenvalue weighted by atomic mass is 16.5. The van der Waals surface area contributed by atoms with Gasteiger partial charge in [0.05, 0.1) is 0 Å². The fourth-order valence-electron chi connectivity index (χ4n) is 4.79. The van der Waals surface area contributed by atoms with E-state index in [0.717, 1.165) is 56.8 Å². The number of carbonyl (C=O) groups is 2. The van der Waals surface area contributed by atoms with Crippen molar-refractivity contribution in [2.75, 3.05) is 26.2 Å². The number of ether oxygens (including phenoxy) is 1. The molecule has 29 heavy (non-hydrogen) atoms. The van der Waals surface area contributed by atoms with Crippen molar-refractivity contribution >= 4 is 11.8 Å². The second kappa shape index (κ2) is 9.19. The van der Waals surface area contributed by atoms with Crippen molar-refractivity contribution in [1.29, 1.82) is 0 Å². The van der Waals surface area contributed by atoms with Crippen LogP contribution >= 0.6 is 0 Å². The van der Waals surface area contributed by atoms with Gasteiger partial charge in [-0.25, -0.2) is 0 Å². The number of rotatable bonds is 6. The molecule has 0 aromatic heterocycles. The third kappa shape index (κ3) is 4.93. The summed E-state index contributed by atoms with van der Waals surface area (Å²) in [4.78, 5) is 29.2. The van der Waals surface area contributed by atoms with Gasteiger partial charge in [-0.2, -0.15) is 0 Å². The Labute approximate surface area is 175 Å². The molecule has 0 aliphatic carbocycles. The first-order chi connectivity index (χ1) is 13.9. The van der Waals surface area contributed by atoms with Gasteiger partial charge in [0, 0.05) is 57.8 Å². The maximum Gasteiger partial charge on any atom is 0.223 e. The SMILES string of the molecule is CCN(CC)C(=O)CC1CC2(CCN(C(=O)CC(C)C)CC2)Oc2ccccc21. The number of carbonyl (C=O) groups excluding carboxylic acids is 2. The second-order valence-corrected chi connectivity index (χ2v) is 8.97. The summed E-state index contributed by atoms with van der Waals surface area (Å²) >= 11 is 0. The van der Waals surface area contributed by atoms with Crippen molar-refractivity contribution < 1.29 is 14.3 Å². The number of nitrogens with zero attached hydrogens (tertiary/aromatic N) is 2. The number of fused-ring (bicyclic) bond motifs is 1. The Hall–Kier alpha value is -2.04. The molecule has 5 heteroatoms. The quantitative estimate of drug-likeness (QED) is 0.718. The van der Waals surface area contributed by atoms with Crippen LogP contribution in [0.25, 0.3) is 0 Å². The van der Waals surface area contributed by atoms with Gasteiger partial charge in [-0.15, -0.1) is 0 Å². The van der Waals surface area contributed by atoms with E-state index in [4.69, 9.17) is 4.74 Å². The maximum atomic E-state index is 12.8. The van der Waals surface area contributed by atoms with Crippen molar-refractivity contribution in [2.24, 2.45) is 5.92 Å². The molecule has 1 saturated heterocycles. The molecule has 0 bridgehead atoms. The van der Waals surface area contributed by atoms with Crippen LogP contribution < -0.4 is 4.74 Å². The number of piperidine rings is 1. The van der Waals surface area contributed by atoms with Gasteiger partial charge in [-0.1, -0.05) is 32.0 Å². The number of amides is 2. The minimum absolute atomic E-state index is 0.172. The molecular formula is C24H36N2O3. The van der Waals surface area contributed by atoms with Crippen LogP contribution in [0, 0.1) is 5.92 Å². The highest BCUT2D eigenvalue weighted by molar-refractivity contribution is 5.77. The number of benzene rings is 1. The van der Waals surface area contributed by atoms with E-state index in [1.165, 1.54) is 0 Å². The number of hydrogen-bond donors (Lipinski definition) is 0. The van der Waals surface area contributed by atoms with Crippen LogP contribution in [0.3, 0.4) is 0 Å². The molecule has 1 atom stereocenters. The molecule has 2 amide bonds. The van der Waals surface area contributed by atoms with Gasteiger partial charge in [-0.05, 0) is 37.8 Å². The van der Waals surface area contributed by atoms with Crippen LogP contribution in [0.5, 0.6) is 5.75 Å². The summed E-state index contributed by atoms with van der Waals surface area (Å²) in [5.41, 5.74) is 0.883.